The lowest BCUT2D eigenvalue weighted by Crippen LogP contribution is -2.61. The number of hydrogen-bond donors (Lipinski definition) is 4. The van der Waals surface area contributed by atoms with Crippen LogP contribution in [0.25, 0.3) is 0 Å². The molecule has 0 aromatic rings. The fourth-order valence-electron chi connectivity index (χ4n) is 11.3. The average molecular weight is 1120 g/mol. The Hall–Kier alpha value is -3.57. The molecule has 19 heteroatoms. The number of allylic oxidation sites excluding steroid dienone is 6. The van der Waals surface area contributed by atoms with Gasteiger partial charge in [-0.1, -0.05) is 71.1 Å². The van der Waals surface area contributed by atoms with Crippen molar-refractivity contribution in [2.24, 2.45) is 35.5 Å². The van der Waals surface area contributed by atoms with E-state index in [1.807, 2.05) is 51.2 Å². The summed E-state index contributed by atoms with van der Waals surface area (Å²) in [6.07, 6.45) is 11.2. The van der Waals surface area contributed by atoms with E-state index in [4.69, 9.17) is 47.7 Å². The van der Waals surface area contributed by atoms with Gasteiger partial charge in [0.25, 0.3) is 11.7 Å². The number of esters is 1. The Kier molecular flexibility index (Phi) is 30.5. The molecule has 0 radical (unpaired) electrons. The number of Topliss-reactive ketones (excluding diaryl/α,β-unsaturated/α-hetero) is 3. The topological polar surface area (TPSA) is 253 Å². The van der Waals surface area contributed by atoms with E-state index in [0.717, 1.165) is 12.0 Å². The van der Waals surface area contributed by atoms with Crippen LogP contribution in [0.5, 0.6) is 0 Å². The van der Waals surface area contributed by atoms with Gasteiger partial charge in [-0.05, 0) is 107 Å². The summed E-state index contributed by atoms with van der Waals surface area (Å²) >= 11 is 0. The molecule has 4 aliphatic rings. The molecule has 79 heavy (non-hydrogen) atoms. The van der Waals surface area contributed by atoms with E-state index >= 15 is 0 Å². The van der Waals surface area contributed by atoms with Gasteiger partial charge in [0.2, 0.25) is 5.79 Å². The molecule has 2 saturated heterocycles. The lowest BCUT2D eigenvalue weighted by molar-refractivity contribution is -0.266. The highest BCUT2D eigenvalue weighted by atomic mass is 16.6. The SMILES string of the molecule is CO[C@@H]1C[C@H](C[C@@H](C)[C@@H]2CC(=O)[C@H](C)/C=C(\C)[C@@H](O)[C@@H](OC)C(=O)[C@H](C)C[C@H](C)/C=C/C=C/C=C(\C)[C@@H](OCCOCCO)C[C@@H]3CC[C@@H](C)[C@@](O)(O3)C(=O)C(=O)N3CCCC[C@H]3C(=O)O2)CC[C@H]1OCCOCCOCCO. The van der Waals surface area contributed by atoms with Crippen LogP contribution in [0, 0.1) is 35.5 Å². The number of cyclic esters (lactones) is 1. The average Bonchev–Trinajstić information content (AvgIpc) is 3.44. The highest BCUT2D eigenvalue weighted by molar-refractivity contribution is 6.39. The number of aliphatic hydroxyl groups is 4. The van der Waals surface area contributed by atoms with Crippen LogP contribution in [-0.4, -0.2) is 196 Å². The molecule has 2 bridgehead atoms. The third kappa shape index (κ3) is 21.3. The fraction of sp³-hybridized carbons (Fsp3) is 0.783. The maximum absolute atomic E-state index is 14.7. The van der Waals surface area contributed by atoms with Gasteiger partial charge in [0.1, 0.15) is 30.1 Å². The van der Waals surface area contributed by atoms with Crippen LogP contribution in [0.4, 0.5) is 0 Å². The zero-order chi connectivity index (χ0) is 58.1. The Labute approximate surface area is 469 Å². The molecule has 1 aliphatic carbocycles. The zero-order valence-corrected chi connectivity index (χ0v) is 48.8. The summed E-state index contributed by atoms with van der Waals surface area (Å²) in [7, 11) is 3.02. The van der Waals surface area contributed by atoms with Crippen molar-refractivity contribution >= 4 is 29.2 Å². The first kappa shape index (κ1) is 67.9. The Balaban J connectivity index is 1.65. The first-order chi connectivity index (χ1) is 37.8. The second-order valence-electron chi connectivity index (χ2n) is 22.4. The van der Waals surface area contributed by atoms with Gasteiger partial charge in [0.05, 0.1) is 90.5 Å². The van der Waals surface area contributed by atoms with Crippen LogP contribution in [0.1, 0.15) is 126 Å². The van der Waals surface area contributed by atoms with E-state index in [1.54, 1.807) is 40.9 Å². The first-order valence-electron chi connectivity index (χ1n) is 28.9. The number of aliphatic hydroxyl groups excluding tert-OH is 3. The van der Waals surface area contributed by atoms with Gasteiger partial charge in [-0.3, -0.25) is 19.2 Å². The molecule has 19 nitrogen and oxygen atoms in total. The number of methoxy groups -OCH3 is 2. The van der Waals surface area contributed by atoms with Gasteiger partial charge in [0.15, 0.2) is 5.78 Å². The smallest absolute Gasteiger partial charge is 0.329 e. The number of ether oxygens (including phenoxy) is 9. The summed E-state index contributed by atoms with van der Waals surface area (Å²) in [6.45, 7) is 14.8. The summed E-state index contributed by atoms with van der Waals surface area (Å²) in [5.74, 6) is -8.35. The van der Waals surface area contributed by atoms with Crippen molar-refractivity contribution in [2.45, 2.75) is 180 Å². The van der Waals surface area contributed by atoms with Crippen LogP contribution >= 0.6 is 0 Å². The molecule has 450 valence electrons. The van der Waals surface area contributed by atoms with E-state index in [9.17, 15) is 39.3 Å². The van der Waals surface area contributed by atoms with Crippen LogP contribution < -0.4 is 0 Å². The van der Waals surface area contributed by atoms with Crippen molar-refractivity contribution < 1.29 is 87.0 Å². The van der Waals surface area contributed by atoms with Crippen LogP contribution in [0.15, 0.2) is 47.6 Å². The number of hydrogen-bond acceptors (Lipinski definition) is 18. The van der Waals surface area contributed by atoms with E-state index in [-0.39, 0.29) is 107 Å². The predicted octanol–water partition coefficient (Wildman–Crippen LogP) is 5.61. The van der Waals surface area contributed by atoms with Crippen molar-refractivity contribution in [3.05, 3.63) is 47.6 Å². The van der Waals surface area contributed by atoms with Crippen LogP contribution in [0.2, 0.25) is 0 Å². The monoisotopic (exact) mass is 1120 g/mol. The number of rotatable bonds is 20. The molecule has 3 fully saturated rings. The maximum atomic E-state index is 14.7. The third-order valence-corrected chi connectivity index (χ3v) is 16.1. The van der Waals surface area contributed by atoms with E-state index in [2.05, 4.69) is 0 Å². The lowest BCUT2D eigenvalue weighted by Gasteiger charge is -2.43. The molecular formula is C60H97NO18. The van der Waals surface area contributed by atoms with E-state index in [0.29, 0.717) is 83.4 Å². The molecule has 1 saturated carbocycles. The van der Waals surface area contributed by atoms with Crippen molar-refractivity contribution in [3.63, 3.8) is 0 Å². The second kappa shape index (κ2) is 35.4. The van der Waals surface area contributed by atoms with E-state index < -0.39 is 77.8 Å². The molecule has 4 rings (SSSR count). The molecule has 0 unspecified atom stereocenters. The van der Waals surface area contributed by atoms with Crippen molar-refractivity contribution in [1.29, 1.82) is 0 Å². The van der Waals surface area contributed by atoms with Gasteiger partial charge in [-0.2, -0.15) is 0 Å². The zero-order valence-electron chi connectivity index (χ0n) is 48.8. The molecule has 4 N–H and O–H groups in total. The molecule has 15 atom stereocenters. The Morgan fingerprint density at radius 1 is 0.747 bits per heavy atom. The van der Waals surface area contributed by atoms with Gasteiger partial charge in [-0.25, -0.2) is 4.79 Å². The predicted molar refractivity (Wildman–Crippen MR) is 294 cm³/mol. The standard InChI is InChI=1S/C60H97NO18/c1-39-15-11-10-12-16-40(2)51(77-32-29-74-26-24-63)37-47-20-18-45(7)60(70,79-47)57(67)58(68)61-22-14-13-17-48(61)59(69)78-52(38-49(64)41(3)34-44(6)55(66)56(72-9)54(65)43(5)33-39)42(4)35-46-19-21-50(53(36-46)71-8)76-31-30-75-28-27-73-25-23-62/h10-12,15-16,34,39,41-43,45-48,50-53,55-56,62-63,66,70H,13-14,17-33,35-38H2,1-9H3/b12-10+,15-11+,40-16+,44-34+/t39-,41-,42-,43-,45-,46+,47+,48+,50-,51+,52+,53-,55-,56+,60-/m1/s1. The number of carbonyl (C=O) groups is 5. The third-order valence-electron chi connectivity index (χ3n) is 16.1. The number of piperidine rings is 1. The van der Waals surface area contributed by atoms with E-state index in [1.165, 1.54) is 12.0 Å². The van der Waals surface area contributed by atoms with Gasteiger partial charge in [-0.15, -0.1) is 0 Å². The summed E-state index contributed by atoms with van der Waals surface area (Å²) in [5.41, 5.74) is 1.19. The Bertz CT molecular complexity index is 2010. The minimum atomic E-state index is -2.50. The van der Waals surface area contributed by atoms with Crippen molar-refractivity contribution in [2.75, 3.05) is 86.8 Å². The number of amides is 1. The summed E-state index contributed by atoms with van der Waals surface area (Å²) in [6, 6.07) is -1.18. The number of carbonyl (C=O) groups excluding carboxylic acids is 5. The number of fused-ring (bicyclic) bond motifs is 3. The van der Waals surface area contributed by atoms with Crippen LogP contribution in [0.3, 0.4) is 0 Å². The molecular weight excluding hydrogens is 1020 g/mol. The van der Waals surface area contributed by atoms with Gasteiger partial charge in [0, 0.05) is 51.4 Å². The molecule has 0 aromatic carbocycles. The summed E-state index contributed by atoms with van der Waals surface area (Å²) < 4.78 is 53.0. The normalized spacial score (nSPS) is 35.4. The second-order valence-corrected chi connectivity index (χ2v) is 22.4. The Morgan fingerprint density at radius 3 is 2.09 bits per heavy atom. The largest absolute Gasteiger partial charge is 0.460 e. The molecule has 0 aromatic heterocycles. The number of nitrogens with zero attached hydrogens (tertiary/aromatic N) is 1. The highest BCUT2D eigenvalue weighted by Crippen LogP contribution is 2.38. The minimum absolute atomic E-state index is 0.0235. The van der Waals surface area contributed by atoms with Crippen molar-refractivity contribution in [3.8, 4) is 0 Å². The quantitative estimate of drug-likeness (QED) is 0.0500. The number of ketones is 3. The first-order valence-corrected chi connectivity index (χ1v) is 28.9. The maximum Gasteiger partial charge on any atom is 0.329 e. The van der Waals surface area contributed by atoms with Gasteiger partial charge >= 0.3 is 5.97 Å². The fourth-order valence-corrected chi connectivity index (χ4v) is 11.3. The molecule has 3 heterocycles. The van der Waals surface area contributed by atoms with Crippen molar-refractivity contribution in [1.82, 2.24) is 4.90 Å². The molecule has 0 spiro atoms. The molecule has 3 aliphatic heterocycles. The Morgan fingerprint density at radius 2 is 1.42 bits per heavy atom. The highest BCUT2D eigenvalue weighted by Gasteiger charge is 2.53. The van der Waals surface area contributed by atoms with Gasteiger partial charge < -0.3 is 68.0 Å². The lowest BCUT2D eigenvalue weighted by atomic mass is 9.78. The summed E-state index contributed by atoms with van der Waals surface area (Å²) in [5, 5.41) is 41.9. The summed E-state index contributed by atoms with van der Waals surface area (Å²) in [4.78, 5) is 73.1. The minimum Gasteiger partial charge on any atom is -0.460 e. The molecule has 1 amide bonds. The van der Waals surface area contributed by atoms with Crippen LogP contribution in [-0.2, 0) is 66.6 Å².